The first-order chi connectivity index (χ1) is 9.79. The Morgan fingerprint density at radius 2 is 1.60 bits per heavy atom. The predicted octanol–water partition coefficient (Wildman–Crippen LogP) is 3.87. The molecular weight excluding hydrogens is 248 g/mol. The van der Waals surface area contributed by atoms with Crippen LogP contribution in [0.4, 0.5) is 0 Å². The van der Waals surface area contributed by atoms with Crippen molar-refractivity contribution >= 4 is 11.0 Å². The summed E-state index contributed by atoms with van der Waals surface area (Å²) in [6.45, 7) is 0. The van der Waals surface area contributed by atoms with Gasteiger partial charge in [-0.15, -0.1) is 0 Å². The third-order valence-corrected chi connectivity index (χ3v) is 4.18. The number of hydrogen-bond donors (Lipinski definition) is 0. The Labute approximate surface area is 116 Å². The second-order valence-electron chi connectivity index (χ2n) is 5.42. The zero-order valence-electron chi connectivity index (χ0n) is 11.0. The Morgan fingerprint density at radius 3 is 2.35 bits per heavy atom. The summed E-state index contributed by atoms with van der Waals surface area (Å²) in [7, 11) is 0. The minimum Gasteiger partial charge on any atom is -0.460 e. The summed E-state index contributed by atoms with van der Waals surface area (Å²) in [6.07, 6.45) is 2.08. The highest BCUT2D eigenvalue weighted by Crippen LogP contribution is 2.53. The molecule has 0 unspecified atom stereocenters. The van der Waals surface area contributed by atoms with Crippen molar-refractivity contribution < 1.29 is 4.42 Å². The predicted molar refractivity (Wildman–Crippen MR) is 78.9 cm³/mol. The van der Waals surface area contributed by atoms with E-state index in [1.54, 1.807) is 6.07 Å². The van der Waals surface area contributed by atoms with Gasteiger partial charge in [-0.3, -0.25) is 4.79 Å². The van der Waals surface area contributed by atoms with E-state index in [0.29, 0.717) is 11.0 Å². The van der Waals surface area contributed by atoms with Crippen molar-refractivity contribution in [3.63, 3.8) is 0 Å². The molecule has 98 valence electrons. The monoisotopic (exact) mass is 262 g/mol. The van der Waals surface area contributed by atoms with Crippen molar-refractivity contribution in [3.8, 4) is 0 Å². The van der Waals surface area contributed by atoms with E-state index >= 15 is 0 Å². The van der Waals surface area contributed by atoms with Crippen LogP contribution >= 0.6 is 0 Å². The lowest BCUT2D eigenvalue weighted by Gasteiger charge is -2.15. The first-order valence-corrected chi connectivity index (χ1v) is 6.88. The molecule has 1 aliphatic carbocycles. The molecule has 0 radical (unpaired) electrons. The van der Waals surface area contributed by atoms with Gasteiger partial charge in [-0.05, 0) is 30.5 Å². The van der Waals surface area contributed by atoms with Gasteiger partial charge in [0.1, 0.15) is 11.3 Å². The first kappa shape index (κ1) is 11.5. The van der Waals surface area contributed by atoms with Crippen LogP contribution in [0, 0.1) is 0 Å². The summed E-state index contributed by atoms with van der Waals surface area (Å²) in [5.41, 5.74) is 1.87. The Bertz CT molecular complexity index is 827. The molecule has 4 rings (SSSR count). The number of fused-ring (bicyclic) bond motifs is 1. The molecule has 0 aliphatic heterocycles. The van der Waals surface area contributed by atoms with E-state index in [1.807, 2.05) is 42.5 Å². The lowest BCUT2D eigenvalue weighted by molar-refractivity contribution is 0.500. The maximum atomic E-state index is 12.2. The van der Waals surface area contributed by atoms with Crippen LogP contribution in [0.5, 0.6) is 0 Å². The van der Waals surface area contributed by atoms with Gasteiger partial charge in [0.05, 0.1) is 10.8 Å². The normalized spacial score (nSPS) is 16.2. The molecule has 0 saturated heterocycles. The standard InChI is InChI=1S/C18H14O2/c19-15-12-17(20-16-9-5-4-8-14(15)16)18(10-11-18)13-6-2-1-3-7-13/h1-9,12H,10-11H2. The summed E-state index contributed by atoms with van der Waals surface area (Å²) in [4.78, 5) is 12.2. The van der Waals surface area contributed by atoms with Crippen LogP contribution in [0.1, 0.15) is 24.2 Å². The second-order valence-corrected chi connectivity index (χ2v) is 5.42. The molecule has 1 saturated carbocycles. The van der Waals surface area contributed by atoms with E-state index in [-0.39, 0.29) is 10.8 Å². The largest absolute Gasteiger partial charge is 0.460 e. The number of benzene rings is 2. The molecule has 1 aromatic heterocycles. The molecule has 3 aromatic rings. The summed E-state index contributed by atoms with van der Waals surface area (Å²) in [5, 5.41) is 0.653. The Hall–Kier alpha value is -2.35. The molecular formula is C18H14O2. The Kier molecular flexibility index (Phi) is 2.34. The van der Waals surface area contributed by atoms with Crippen LogP contribution < -0.4 is 5.43 Å². The second kappa shape index (κ2) is 4.07. The van der Waals surface area contributed by atoms with Crippen LogP contribution in [-0.4, -0.2) is 0 Å². The van der Waals surface area contributed by atoms with Crippen molar-refractivity contribution in [1.82, 2.24) is 0 Å². The highest BCUT2D eigenvalue weighted by molar-refractivity contribution is 5.76. The lowest BCUT2D eigenvalue weighted by atomic mass is 9.92. The maximum absolute atomic E-state index is 12.2. The minimum absolute atomic E-state index is 0.0454. The fourth-order valence-corrected chi connectivity index (χ4v) is 2.90. The molecule has 0 spiro atoms. The topological polar surface area (TPSA) is 30.2 Å². The van der Waals surface area contributed by atoms with Gasteiger partial charge in [0.15, 0.2) is 5.43 Å². The quantitative estimate of drug-likeness (QED) is 0.701. The van der Waals surface area contributed by atoms with Gasteiger partial charge in [0.25, 0.3) is 0 Å². The van der Waals surface area contributed by atoms with Gasteiger partial charge in [-0.25, -0.2) is 0 Å². The fraction of sp³-hybridized carbons (Fsp3) is 0.167. The molecule has 0 N–H and O–H groups in total. The number of hydrogen-bond acceptors (Lipinski definition) is 2. The van der Waals surface area contributed by atoms with Crippen LogP contribution in [0.15, 0.2) is 69.9 Å². The Balaban J connectivity index is 1.93. The van der Waals surface area contributed by atoms with Gasteiger partial charge in [-0.2, -0.15) is 0 Å². The lowest BCUT2D eigenvalue weighted by Crippen LogP contribution is -2.12. The molecule has 20 heavy (non-hydrogen) atoms. The molecule has 0 bridgehead atoms. The molecule has 1 fully saturated rings. The van der Waals surface area contributed by atoms with Crippen molar-refractivity contribution in [2.24, 2.45) is 0 Å². The zero-order chi connectivity index (χ0) is 13.6. The van der Waals surface area contributed by atoms with Crippen LogP contribution in [0.3, 0.4) is 0 Å². The van der Waals surface area contributed by atoms with Crippen LogP contribution in [-0.2, 0) is 5.41 Å². The Morgan fingerprint density at radius 1 is 0.900 bits per heavy atom. The highest BCUT2D eigenvalue weighted by atomic mass is 16.3. The third kappa shape index (κ3) is 1.61. The van der Waals surface area contributed by atoms with E-state index in [9.17, 15) is 4.79 Å². The van der Waals surface area contributed by atoms with Crippen molar-refractivity contribution in [3.05, 3.63) is 82.2 Å². The van der Waals surface area contributed by atoms with E-state index in [2.05, 4.69) is 12.1 Å². The average molecular weight is 262 g/mol. The van der Waals surface area contributed by atoms with Crippen molar-refractivity contribution in [1.29, 1.82) is 0 Å². The molecule has 0 atom stereocenters. The SMILES string of the molecule is O=c1cc(C2(c3ccccc3)CC2)oc2ccccc12. The summed E-state index contributed by atoms with van der Waals surface area (Å²) in [5.74, 6) is 0.799. The summed E-state index contributed by atoms with van der Waals surface area (Å²) < 4.78 is 6.02. The van der Waals surface area contributed by atoms with Crippen LogP contribution in [0.25, 0.3) is 11.0 Å². The smallest absolute Gasteiger partial charge is 0.192 e. The maximum Gasteiger partial charge on any atom is 0.192 e. The van der Waals surface area contributed by atoms with Gasteiger partial charge in [0, 0.05) is 6.07 Å². The average Bonchev–Trinajstić information content (AvgIpc) is 3.30. The molecule has 1 aliphatic rings. The van der Waals surface area contributed by atoms with E-state index in [0.717, 1.165) is 18.6 Å². The molecule has 0 amide bonds. The number of rotatable bonds is 2. The summed E-state index contributed by atoms with van der Waals surface area (Å²) in [6, 6.07) is 19.4. The van der Waals surface area contributed by atoms with E-state index < -0.39 is 0 Å². The molecule has 2 nitrogen and oxygen atoms in total. The molecule has 2 aromatic carbocycles. The van der Waals surface area contributed by atoms with Gasteiger partial charge >= 0.3 is 0 Å². The van der Waals surface area contributed by atoms with Crippen molar-refractivity contribution in [2.75, 3.05) is 0 Å². The summed E-state index contributed by atoms with van der Waals surface area (Å²) >= 11 is 0. The molecule has 1 heterocycles. The van der Waals surface area contributed by atoms with Gasteiger partial charge in [0.2, 0.25) is 0 Å². The highest BCUT2D eigenvalue weighted by Gasteiger charge is 2.48. The van der Waals surface area contributed by atoms with Gasteiger partial charge < -0.3 is 4.42 Å². The van der Waals surface area contributed by atoms with E-state index in [1.165, 1.54) is 5.56 Å². The zero-order valence-corrected chi connectivity index (χ0v) is 11.0. The van der Waals surface area contributed by atoms with Crippen molar-refractivity contribution in [2.45, 2.75) is 18.3 Å². The molecule has 2 heteroatoms. The van der Waals surface area contributed by atoms with Gasteiger partial charge in [-0.1, -0.05) is 42.5 Å². The fourth-order valence-electron chi connectivity index (χ4n) is 2.90. The third-order valence-electron chi connectivity index (χ3n) is 4.18. The first-order valence-electron chi connectivity index (χ1n) is 6.88. The van der Waals surface area contributed by atoms with E-state index in [4.69, 9.17) is 4.42 Å². The number of para-hydroxylation sites is 1. The van der Waals surface area contributed by atoms with Crippen LogP contribution in [0.2, 0.25) is 0 Å². The minimum atomic E-state index is -0.0928.